The second kappa shape index (κ2) is 5.74. The van der Waals surface area contributed by atoms with Gasteiger partial charge in [-0.1, -0.05) is 17.4 Å². The molecule has 0 aliphatic rings. The van der Waals surface area contributed by atoms with Gasteiger partial charge in [0.15, 0.2) is 0 Å². The Morgan fingerprint density at radius 1 is 1.23 bits per heavy atom. The Kier molecular flexibility index (Phi) is 3.93. The van der Waals surface area contributed by atoms with Gasteiger partial charge in [-0.25, -0.2) is 4.98 Å². The summed E-state index contributed by atoms with van der Waals surface area (Å²) >= 11 is 3.03. The van der Waals surface area contributed by atoms with Gasteiger partial charge in [0, 0.05) is 5.38 Å². The van der Waals surface area contributed by atoms with Crippen molar-refractivity contribution in [1.82, 2.24) is 15.2 Å². The molecule has 3 aromatic rings. The maximum absolute atomic E-state index is 12.4. The number of hydrogen-bond donors (Lipinski definition) is 1. The predicted molar refractivity (Wildman–Crippen MR) is 78.3 cm³/mol. The van der Waals surface area contributed by atoms with Crippen LogP contribution in [0.1, 0.15) is 15.5 Å². The van der Waals surface area contributed by atoms with Crippen molar-refractivity contribution in [2.24, 2.45) is 0 Å². The Hall–Kier alpha value is -1.85. The van der Waals surface area contributed by atoms with Gasteiger partial charge in [-0.3, -0.25) is 10.1 Å². The van der Waals surface area contributed by atoms with E-state index < -0.39 is 17.1 Å². The normalized spacial score (nSPS) is 11.6. The average Bonchev–Trinajstić information content (AvgIpc) is 3.18. The van der Waals surface area contributed by atoms with Crippen molar-refractivity contribution in [3.8, 4) is 9.88 Å². The standard InChI is InChI=1S/C11H5F3N4OS3/c12-11(13,14)9-17-18-10(22-9)16-7(19)5-4-21-8(15-5)6-2-1-3-20-6/h1-4H,(H,16,18,19). The number of anilines is 1. The van der Waals surface area contributed by atoms with Gasteiger partial charge >= 0.3 is 6.18 Å². The largest absolute Gasteiger partial charge is 0.445 e. The van der Waals surface area contributed by atoms with Crippen LogP contribution in [0.25, 0.3) is 9.88 Å². The number of nitrogens with zero attached hydrogens (tertiary/aromatic N) is 3. The van der Waals surface area contributed by atoms with Crippen molar-refractivity contribution in [1.29, 1.82) is 0 Å². The van der Waals surface area contributed by atoms with E-state index in [0.29, 0.717) is 5.01 Å². The first-order valence-electron chi connectivity index (χ1n) is 5.65. The minimum atomic E-state index is -4.58. The number of alkyl halides is 3. The SMILES string of the molecule is O=C(Nc1nnc(C(F)(F)F)s1)c1csc(-c2cccs2)n1. The maximum Gasteiger partial charge on any atom is 0.445 e. The molecule has 0 unspecified atom stereocenters. The second-order valence-electron chi connectivity index (χ2n) is 3.88. The molecule has 0 spiro atoms. The Balaban J connectivity index is 1.74. The van der Waals surface area contributed by atoms with E-state index in [2.05, 4.69) is 20.5 Å². The lowest BCUT2D eigenvalue weighted by molar-refractivity contribution is -0.138. The predicted octanol–water partition coefficient (Wildman–Crippen LogP) is 3.99. The molecule has 0 atom stereocenters. The fraction of sp³-hybridized carbons (Fsp3) is 0.0909. The van der Waals surface area contributed by atoms with Crippen LogP contribution in [-0.2, 0) is 6.18 Å². The van der Waals surface area contributed by atoms with E-state index in [1.807, 2.05) is 17.5 Å². The summed E-state index contributed by atoms with van der Waals surface area (Å²) in [6, 6.07) is 3.73. The molecule has 0 bridgehead atoms. The molecule has 3 rings (SSSR count). The molecule has 0 aliphatic carbocycles. The Morgan fingerprint density at radius 2 is 2.05 bits per heavy atom. The zero-order valence-electron chi connectivity index (χ0n) is 10.4. The third-order valence-electron chi connectivity index (χ3n) is 2.36. The van der Waals surface area contributed by atoms with E-state index in [0.717, 1.165) is 4.88 Å². The highest BCUT2D eigenvalue weighted by Gasteiger charge is 2.35. The summed E-state index contributed by atoms with van der Waals surface area (Å²) in [5, 5.41) is 11.3. The van der Waals surface area contributed by atoms with E-state index in [9.17, 15) is 18.0 Å². The third-order valence-corrected chi connectivity index (χ3v) is 5.12. The highest BCUT2D eigenvalue weighted by atomic mass is 32.1. The number of carbonyl (C=O) groups is 1. The summed E-state index contributed by atoms with van der Waals surface area (Å²) in [4.78, 5) is 17.0. The Morgan fingerprint density at radius 3 is 2.68 bits per heavy atom. The molecule has 0 aliphatic heterocycles. The smallest absolute Gasteiger partial charge is 0.295 e. The number of rotatable bonds is 3. The summed E-state index contributed by atoms with van der Waals surface area (Å²) in [5.74, 6) is -0.621. The Labute approximate surface area is 133 Å². The third kappa shape index (κ3) is 3.15. The monoisotopic (exact) mass is 362 g/mol. The van der Waals surface area contributed by atoms with E-state index in [4.69, 9.17) is 0 Å². The number of aromatic nitrogens is 3. The van der Waals surface area contributed by atoms with E-state index >= 15 is 0 Å². The van der Waals surface area contributed by atoms with Gasteiger partial charge in [-0.05, 0) is 11.4 Å². The molecule has 0 aromatic carbocycles. The fourth-order valence-electron chi connectivity index (χ4n) is 1.44. The molecule has 0 saturated carbocycles. The molecule has 3 heterocycles. The van der Waals surface area contributed by atoms with Crippen molar-refractivity contribution >= 4 is 45.0 Å². The molecule has 114 valence electrons. The van der Waals surface area contributed by atoms with Crippen LogP contribution in [0, 0.1) is 0 Å². The molecule has 3 aromatic heterocycles. The van der Waals surface area contributed by atoms with Gasteiger partial charge in [-0.2, -0.15) is 13.2 Å². The first-order chi connectivity index (χ1) is 10.4. The zero-order chi connectivity index (χ0) is 15.7. The van der Waals surface area contributed by atoms with Crippen molar-refractivity contribution in [2.75, 3.05) is 5.32 Å². The van der Waals surface area contributed by atoms with Gasteiger partial charge in [0.25, 0.3) is 5.91 Å². The number of hydrogen-bond acceptors (Lipinski definition) is 7. The molecular weight excluding hydrogens is 357 g/mol. The van der Waals surface area contributed by atoms with Crippen LogP contribution in [0.4, 0.5) is 18.3 Å². The molecule has 5 nitrogen and oxygen atoms in total. The van der Waals surface area contributed by atoms with E-state index in [-0.39, 0.29) is 22.2 Å². The quantitative estimate of drug-likeness (QED) is 0.765. The number of halogens is 3. The highest BCUT2D eigenvalue weighted by Crippen LogP contribution is 2.33. The number of thiazole rings is 1. The van der Waals surface area contributed by atoms with Gasteiger partial charge in [0.1, 0.15) is 10.7 Å². The molecule has 11 heteroatoms. The molecular formula is C11H5F3N4OS3. The second-order valence-corrected chi connectivity index (χ2v) is 6.66. The van der Waals surface area contributed by atoms with Crippen molar-refractivity contribution in [2.45, 2.75) is 6.18 Å². The van der Waals surface area contributed by atoms with Crippen molar-refractivity contribution in [3.05, 3.63) is 33.6 Å². The van der Waals surface area contributed by atoms with Crippen LogP contribution < -0.4 is 5.32 Å². The fourth-order valence-corrected chi connectivity index (χ4v) is 3.66. The van der Waals surface area contributed by atoms with Gasteiger partial charge < -0.3 is 0 Å². The molecule has 0 saturated heterocycles. The summed E-state index contributed by atoms with van der Waals surface area (Å²) < 4.78 is 37.2. The molecule has 0 fully saturated rings. The van der Waals surface area contributed by atoms with Gasteiger partial charge in [-0.15, -0.1) is 32.9 Å². The van der Waals surface area contributed by atoms with Crippen LogP contribution in [0.2, 0.25) is 0 Å². The van der Waals surface area contributed by atoms with Crippen molar-refractivity contribution < 1.29 is 18.0 Å². The van der Waals surface area contributed by atoms with E-state index in [1.54, 1.807) is 0 Å². The lowest BCUT2D eigenvalue weighted by atomic mass is 10.4. The lowest BCUT2D eigenvalue weighted by Gasteiger charge is -1.98. The summed E-state index contributed by atoms with van der Waals surface area (Å²) in [7, 11) is 0. The van der Waals surface area contributed by atoms with Crippen LogP contribution >= 0.6 is 34.0 Å². The highest BCUT2D eigenvalue weighted by molar-refractivity contribution is 7.20. The van der Waals surface area contributed by atoms with Gasteiger partial charge in [0.05, 0.1) is 4.88 Å². The minimum Gasteiger partial charge on any atom is -0.295 e. The zero-order valence-corrected chi connectivity index (χ0v) is 12.9. The number of thiophene rings is 1. The van der Waals surface area contributed by atoms with E-state index in [1.165, 1.54) is 28.1 Å². The molecule has 1 amide bonds. The molecule has 22 heavy (non-hydrogen) atoms. The van der Waals surface area contributed by atoms with Crippen LogP contribution in [-0.4, -0.2) is 21.1 Å². The Bertz CT molecular complexity index is 794. The number of carbonyl (C=O) groups excluding carboxylic acids is 1. The van der Waals surface area contributed by atoms with Crippen molar-refractivity contribution in [3.63, 3.8) is 0 Å². The topological polar surface area (TPSA) is 67.8 Å². The van der Waals surface area contributed by atoms with Crippen LogP contribution in [0.3, 0.4) is 0 Å². The maximum atomic E-state index is 12.4. The molecule has 1 N–H and O–H groups in total. The lowest BCUT2D eigenvalue weighted by Crippen LogP contribution is -2.12. The summed E-state index contributed by atoms with van der Waals surface area (Å²) in [6.45, 7) is 0. The molecule has 0 radical (unpaired) electrons. The summed E-state index contributed by atoms with van der Waals surface area (Å²) in [5.41, 5.74) is 0.122. The summed E-state index contributed by atoms with van der Waals surface area (Å²) in [6.07, 6.45) is -4.58. The average molecular weight is 362 g/mol. The first kappa shape index (κ1) is 15.1. The minimum absolute atomic E-state index is 0.122. The number of nitrogens with one attached hydrogen (secondary N) is 1. The van der Waals surface area contributed by atoms with Crippen LogP contribution in [0.5, 0.6) is 0 Å². The first-order valence-corrected chi connectivity index (χ1v) is 8.22. The van der Waals surface area contributed by atoms with Gasteiger partial charge in [0.2, 0.25) is 10.1 Å². The number of amides is 1. The van der Waals surface area contributed by atoms with Crippen LogP contribution in [0.15, 0.2) is 22.9 Å².